The second-order valence-electron chi connectivity index (χ2n) is 5.48. The minimum atomic E-state index is 0.159. The van der Waals surface area contributed by atoms with Gasteiger partial charge < -0.3 is 10.1 Å². The van der Waals surface area contributed by atoms with Crippen LogP contribution in [0.1, 0.15) is 45.6 Å². The van der Waals surface area contributed by atoms with Crippen LogP contribution >= 0.6 is 11.3 Å². The fourth-order valence-corrected chi connectivity index (χ4v) is 4.29. The predicted molar refractivity (Wildman–Crippen MR) is 86.8 cm³/mol. The van der Waals surface area contributed by atoms with Crippen molar-refractivity contribution >= 4 is 11.3 Å². The Morgan fingerprint density at radius 1 is 1.29 bits per heavy atom. The smallest absolute Gasteiger partial charge is 0.115 e. The molecule has 0 bridgehead atoms. The second kappa shape index (κ2) is 6.69. The maximum absolute atomic E-state index is 5.34. The van der Waals surface area contributed by atoms with Gasteiger partial charge in [-0.15, -0.1) is 11.3 Å². The number of fused-ring (bicyclic) bond motifs is 1. The van der Waals surface area contributed by atoms with Gasteiger partial charge in [0.05, 0.1) is 18.3 Å². The largest absolute Gasteiger partial charge is 0.380 e. The van der Waals surface area contributed by atoms with E-state index in [0.29, 0.717) is 6.61 Å². The normalized spacial score (nSPS) is 15.7. The summed E-state index contributed by atoms with van der Waals surface area (Å²) in [7, 11) is 3.75. The third-order valence-electron chi connectivity index (χ3n) is 4.06. The molecule has 0 aliphatic heterocycles. The highest BCUT2D eigenvalue weighted by Crippen LogP contribution is 2.33. The zero-order valence-electron chi connectivity index (χ0n) is 12.7. The first-order valence-electron chi connectivity index (χ1n) is 7.56. The Kier molecular flexibility index (Phi) is 4.68. The number of nitrogens with one attached hydrogen (secondary N) is 1. The van der Waals surface area contributed by atoms with Gasteiger partial charge in [0.2, 0.25) is 0 Å². The van der Waals surface area contributed by atoms with E-state index in [-0.39, 0.29) is 6.04 Å². The van der Waals surface area contributed by atoms with Crippen molar-refractivity contribution < 1.29 is 4.74 Å². The number of aryl methyl sites for hydroxylation is 2. The molecule has 1 aliphatic carbocycles. The minimum absolute atomic E-state index is 0.159. The first kappa shape index (κ1) is 14.7. The van der Waals surface area contributed by atoms with Crippen LogP contribution in [0.4, 0.5) is 0 Å². The fraction of sp³-hybridized carbons (Fsp3) is 0.471. The summed E-state index contributed by atoms with van der Waals surface area (Å²) >= 11 is 1.88. The average molecular weight is 302 g/mol. The van der Waals surface area contributed by atoms with Gasteiger partial charge in [0.15, 0.2) is 0 Å². The summed E-state index contributed by atoms with van der Waals surface area (Å²) in [6.07, 6.45) is 4.92. The molecule has 0 radical (unpaired) electrons. The molecule has 21 heavy (non-hydrogen) atoms. The van der Waals surface area contributed by atoms with Gasteiger partial charge in [0.25, 0.3) is 0 Å². The van der Waals surface area contributed by atoms with Crippen molar-refractivity contribution in [2.75, 3.05) is 14.2 Å². The van der Waals surface area contributed by atoms with Gasteiger partial charge in [-0.2, -0.15) is 0 Å². The Balaban J connectivity index is 1.96. The van der Waals surface area contributed by atoms with Crippen molar-refractivity contribution in [2.45, 2.75) is 38.3 Å². The molecule has 1 N–H and O–H groups in total. The van der Waals surface area contributed by atoms with E-state index in [9.17, 15) is 0 Å². The van der Waals surface area contributed by atoms with Crippen molar-refractivity contribution in [1.82, 2.24) is 10.3 Å². The summed E-state index contributed by atoms with van der Waals surface area (Å²) in [5, 5.41) is 4.62. The molecule has 0 spiro atoms. The van der Waals surface area contributed by atoms with E-state index < -0.39 is 0 Å². The lowest BCUT2D eigenvalue weighted by molar-refractivity contribution is 0.184. The van der Waals surface area contributed by atoms with Crippen LogP contribution in [-0.2, 0) is 24.2 Å². The van der Waals surface area contributed by atoms with Crippen LogP contribution in [0.5, 0.6) is 0 Å². The van der Waals surface area contributed by atoms with E-state index in [1.165, 1.54) is 46.0 Å². The monoisotopic (exact) mass is 302 g/mol. The highest BCUT2D eigenvalue weighted by molar-refractivity contribution is 7.11. The maximum Gasteiger partial charge on any atom is 0.115 e. The van der Waals surface area contributed by atoms with Crippen molar-refractivity contribution in [3.63, 3.8) is 0 Å². The third kappa shape index (κ3) is 3.03. The van der Waals surface area contributed by atoms with E-state index in [4.69, 9.17) is 9.72 Å². The Hall–Kier alpha value is -1.23. The molecule has 112 valence electrons. The topological polar surface area (TPSA) is 34.2 Å². The molecule has 1 aromatic heterocycles. The van der Waals surface area contributed by atoms with Crippen LogP contribution < -0.4 is 5.32 Å². The molecule has 0 amide bonds. The molecule has 1 heterocycles. The van der Waals surface area contributed by atoms with Crippen LogP contribution in [-0.4, -0.2) is 19.1 Å². The number of rotatable bonds is 5. The number of methoxy groups -OCH3 is 1. The zero-order valence-corrected chi connectivity index (χ0v) is 13.5. The Morgan fingerprint density at radius 3 is 2.86 bits per heavy atom. The molecule has 1 aromatic carbocycles. The number of benzene rings is 1. The number of hydrogen-bond donors (Lipinski definition) is 1. The molecule has 1 unspecified atom stereocenters. The van der Waals surface area contributed by atoms with Crippen molar-refractivity contribution in [1.29, 1.82) is 0 Å². The summed E-state index contributed by atoms with van der Waals surface area (Å²) in [5.41, 5.74) is 3.83. The van der Waals surface area contributed by atoms with Crippen LogP contribution in [0.25, 0.3) is 0 Å². The van der Waals surface area contributed by atoms with Gasteiger partial charge in [-0.25, -0.2) is 4.98 Å². The van der Waals surface area contributed by atoms with Crippen LogP contribution in [0, 0.1) is 0 Å². The standard InChI is InChI=1S/C17H22N2OS/c1-18-16(13-8-4-3-7-12(13)11-20-2)17-19-14-9-5-6-10-15(14)21-17/h3-4,7-8,16,18H,5-6,9-11H2,1-2H3. The van der Waals surface area contributed by atoms with Crippen molar-refractivity contribution in [3.8, 4) is 0 Å². The summed E-state index contributed by atoms with van der Waals surface area (Å²) in [6.45, 7) is 0.638. The van der Waals surface area contributed by atoms with Gasteiger partial charge in [-0.05, 0) is 43.9 Å². The number of ether oxygens (including phenoxy) is 1. The molecular weight excluding hydrogens is 280 g/mol. The van der Waals surface area contributed by atoms with Gasteiger partial charge in [-0.3, -0.25) is 0 Å². The summed E-state index contributed by atoms with van der Waals surface area (Å²) in [6, 6.07) is 8.63. The Morgan fingerprint density at radius 2 is 2.10 bits per heavy atom. The SMILES string of the molecule is CNC(c1nc2c(s1)CCCC2)c1ccccc1COC. The molecule has 1 aliphatic rings. The lowest BCUT2D eigenvalue weighted by atomic mass is 10.0. The van der Waals surface area contributed by atoms with E-state index in [2.05, 4.69) is 29.6 Å². The Labute approximate surface area is 130 Å². The molecule has 0 fully saturated rings. The lowest BCUT2D eigenvalue weighted by Gasteiger charge is -2.17. The summed E-state index contributed by atoms with van der Waals surface area (Å²) in [4.78, 5) is 6.40. The van der Waals surface area contributed by atoms with Crippen LogP contribution in [0.15, 0.2) is 24.3 Å². The predicted octanol–water partition coefficient (Wildman–Crippen LogP) is 3.48. The molecule has 1 atom stereocenters. The van der Waals surface area contributed by atoms with E-state index in [1.807, 2.05) is 18.4 Å². The van der Waals surface area contributed by atoms with Gasteiger partial charge in [0, 0.05) is 12.0 Å². The highest BCUT2D eigenvalue weighted by Gasteiger charge is 2.22. The fourth-order valence-electron chi connectivity index (χ4n) is 3.01. The molecule has 2 aromatic rings. The van der Waals surface area contributed by atoms with Crippen LogP contribution in [0.3, 0.4) is 0 Å². The van der Waals surface area contributed by atoms with Gasteiger partial charge in [0.1, 0.15) is 5.01 Å². The van der Waals surface area contributed by atoms with Gasteiger partial charge in [-0.1, -0.05) is 24.3 Å². The molecule has 0 saturated heterocycles. The van der Waals surface area contributed by atoms with E-state index in [0.717, 1.165) is 6.42 Å². The molecule has 3 rings (SSSR count). The summed E-state index contributed by atoms with van der Waals surface area (Å²) in [5.74, 6) is 0. The van der Waals surface area contributed by atoms with Crippen LogP contribution in [0.2, 0.25) is 0 Å². The van der Waals surface area contributed by atoms with Gasteiger partial charge >= 0.3 is 0 Å². The minimum Gasteiger partial charge on any atom is -0.380 e. The number of nitrogens with zero attached hydrogens (tertiary/aromatic N) is 1. The highest BCUT2D eigenvalue weighted by atomic mass is 32.1. The summed E-state index contributed by atoms with van der Waals surface area (Å²) < 4.78 is 5.34. The third-order valence-corrected chi connectivity index (χ3v) is 5.29. The average Bonchev–Trinajstić information content (AvgIpc) is 2.93. The zero-order chi connectivity index (χ0) is 14.7. The molecule has 0 saturated carbocycles. The quantitative estimate of drug-likeness (QED) is 0.918. The van der Waals surface area contributed by atoms with Crippen molar-refractivity contribution in [2.24, 2.45) is 0 Å². The molecule has 3 nitrogen and oxygen atoms in total. The first-order valence-corrected chi connectivity index (χ1v) is 8.37. The van der Waals surface area contributed by atoms with E-state index >= 15 is 0 Å². The first-order chi connectivity index (χ1) is 10.3. The molecular formula is C17H22N2OS. The molecule has 4 heteroatoms. The number of aromatic nitrogens is 1. The van der Waals surface area contributed by atoms with E-state index in [1.54, 1.807) is 7.11 Å². The second-order valence-corrected chi connectivity index (χ2v) is 6.60. The number of hydrogen-bond acceptors (Lipinski definition) is 4. The maximum atomic E-state index is 5.34. The lowest BCUT2D eigenvalue weighted by Crippen LogP contribution is -2.19. The number of thiazole rings is 1. The Bertz CT molecular complexity index is 585. The van der Waals surface area contributed by atoms with Crippen molar-refractivity contribution in [3.05, 3.63) is 51.0 Å².